The van der Waals surface area contributed by atoms with Crippen LogP contribution >= 0.6 is 0 Å². The number of benzene rings is 3. The van der Waals surface area contributed by atoms with Crippen molar-refractivity contribution < 1.29 is 29.5 Å². The van der Waals surface area contributed by atoms with Crippen LogP contribution in [-0.4, -0.2) is 43.3 Å². The number of nitrogens with zero attached hydrogens (tertiary/aromatic N) is 2. The van der Waals surface area contributed by atoms with Gasteiger partial charge in [-0.05, 0) is 273 Å². The van der Waals surface area contributed by atoms with E-state index in [-0.39, 0.29) is 72.4 Å². The molecule has 0 radical (unpaired) electrons. The molecule has 3 aromatic rings. The van der Waals surface area contributed by atoms with Gasteiger partial charge in [0.2, 0.25) is 12.1 Å². The first-order chi connectivity index (χ1) is 35.7. The van der Waals surface area contributed by atoms with Crippen molar-refractivity contribution in [3.8, 4) is 23.0 Å². The van der Waals surface area contributed by atoms with Crippen LogP contribution in [0.3, 0.4) is 0 Å². The van der Waals surface area contributed by atoms with Gasteiger partial charge < -0.3 is 19.7 Å². The number of ether oxygens (including phenoxy) is 2. The maximum absolute atomic E-state index is 12.5. The minimum absolute atomic E-state index is 0.00549. The lowest BCUT2D eigenvalue weighted by Crippen LogP contribution is -2.69. The monoisotopic (exact) mass is 1030 g/mol. The van der Waals surface area contributed by atoms with Crippen molar-refractivity contribution >= 4 is 0 Å². The number of aliphatic hydroxyl groups is 2. The van der Waals surface area contributed by atoms with Crippen LogP contribution in [0.5, 0.6) is 23.0 Å². The molecule has 16 saturated carbocycles. The van der Waals surface area contributed by atoms with Crippen LogP contribution in [0.1, 0.15) is 198 Å². The van der Waals surface area contributed by atoms with E-state index in [1.165, 1.54) is 82.6 Å². The van der Waals surface area contributed by atoms with E-state index in [0.29, 0.717) is 58.8 Å². The quantitative estimate of drug-likeness (QED) is 0.151. The molecule has 16 aliphatic carbocycles. The zero-order chi connectivity index (χ0) is 53.0. The Morgan fingerprint density at radius 1 is 0.500 bits per heavy atom. The maximum atomic E-state index is 12.5. The standard InChI is InChI=1S/C66H84N2O8/c1-38-17-51(62-29-58(7)28-59(8,30-62)34-64(33-58,35-62)63-20-42-18-56(5,31-63)27-57(6,19-42)32-63)41(4)53(76-48-15-11-46(12-16-48)61-22-44-24-66(70,37-61)55(68(73)74)50(26-61)40(44)3)52(38)75-47-13-9-45(10-14-47)60-21-43-23-65(69,36-60)54(67(71)72)49(25-60)39(43)2/h9-17,39-40,42-44,49-50,54-55,69-70H,18-37H2,1-8H3. The fourth-order valence-electron chi connectivity index (χ4n) is 26.2. The van der Waals surface area contributed by atoms with Gasteiger partial charge in [-0.15, -0.1) is 0 Å². The Hall–Kier alpha value is -4.02. The van der Waals surface area contributed by atoms with Gasteiger partial charge in [-0.25, -0.2) is 0 Å². The molecule has 0 amide bonds. The first kappa shape index (κ1) is 49.1. The minimum atomic E-state index is -1.29. The van der Waals surface area contributed by atoms with E-state index < -0.39 is 23.3 Å². The van der Waals surface area contributed by atoms with Crippen LogP contribution in [0.25, 0.3) is 0 Å². The van der Waals surface area contributed by atoms with Crippen molar-refractivity contribution in [2.75, 3.05) is 0 Å². The number of rotatable bonds is 10. The lowest BCUT2D eigenvalue weighted by molar-refractivity contribution is -0.572. The third kappa shape index (κ3) is 6.52. The second-order valence-electron chi connectivity index (χ2n) is 32.3. The van der Waals surface area contributed by atoms with Gasteiger partial charge in [0.15, 0.2) is 11.5 Å². The van der Waals surface area contributed by atoms with E-state index in [1.54, 1.807) is 0 Å². The summed E-state index contributed by atoms with van der Waals surface area (Å²) in [5, 5.41) is 48.9. The smallest absolute Gasteiger partial charge is 0.244 e. The van der Waals surface area contributed by atoms with Crippen molar-refractivity contribution in [1.29, 1.82) is 0 Å². The van der Waals surface area contributed by atoms with Crippen LogP contribution in [-0.2, 0) is 16.2 Å². The molecule has 0 heterocycles. The topological polar surface area (TPSA) is 145 Å². The predicted molar refractivity (Wildman–Crippen MR) is 291 cm³/mol. The summed E-state index contributed by atoms with van der Waals surface area (Å²) in [7, 11) is 0. The Labute approximate surface area is 450 Å². The van der Waals surface area contributed by atoms with Crippen LogP contribution in [0.4, 0.5) is 0 Å². The molecular formula is C66H84N2O8. The van der Waals surface area contributed by atoms with Gasteiger partial charge in [-0.3, -0.25) is 20.2 Å². The average molecular weight is 1030 g/mol. The van der Waals surface area contributed by atoms with Gasteiger partial charge in [0.1, 0.15) is 22.7 Å². The summed E-state index contributed by atoms with van der Waals surface area (Å²) in [6.07, 6.45) is 21.4. The molecule has 16 unspecified atom stereocenters. The maximum Gasteiger partial charge on any atom is 0.244 e. The van der Waals surface area contributed by atoms with Gasteiger partial charge >= 0.3 is 0 Å². The Morgan fingerprint density at radius 2 is 0.947 bits per heavy atom. The highest BCUT2D eigenvalue weighted by atomic mass is 16.6. The molecule has 16 fully saturated rings. The molecule has 2 N–H and O–H groups in total. The molecule has 16 bridgehead atoms. The normalized spacial score (nSPS) is 51.2. The highest BCUT2D eigenvalue weighted by Crippen LogP contribution is 2.84. The second-order valence-corrected chi connectivity index (χ2v) is 32.3. The predicted octanol–water partition coefficient (Wildman–Crippen LogP) is 14.7. The fourth-order valence-corrected chi connectivity index (χ4v) is 26.2. The molecule has 0 aliphatic heterocycles. The van der Waals surface area contributed by atoms with E-state index in [1.807, 2.05) is 0 Å². The summed E-state index contributed by atoms with van der Waals surface area (Å²) in [6, 6.07) is 17.7. The Morgan fingerprint density at radius 3 is 1.41 bits per heavy atom. The summed E-state index contributed by atoms with van der Waals surface area (Å²) >= 11 is 0. The SMILES string of the molecule is Cc1cc(C23CC4(C)CC(C)(C2)CC(C25CC6CC(C)(CC(C)(C6)C2)C5)(C4)C3)c(C)c(Oc2ccc(C34CC5CC(O)(C3)C([N+](=O)[O-])C(C4)C5C)cc2)c1Oc1ccc(C23CC4CC(O)(C2)C([N+](=O)[O-])C(C3)C4C)cc1. The molecule has 16 atom stereocenters. The molecule has 76 heavy (non-hydrogen) atoms. The number of hydrogen-bond donors (Lipinski definition) is 2. The third-order valence-corrected chi connectivity index (χ3v) is 26.2. The van der Waals surface area contributed by atoms with Gasteiger partial charge in [0.05, 0.1) is 0 Å². The first-order valence-corrected chi connectivity index (χ1v) is 30.1. The van der Waals surface area contributed by atoms with Crippen molar-refractivity contribution in [3.05, 3.63) is 103 Å². The van der Waals surface area contributed by atoms with Crippen LogP contribution in [0, 0.1) is 108 Å². The van der Waals surface area contributed by atoms with Gasteiger partial charge in [0.25, 0.3) is 0 Å². The van der Waals surface area contributed by atoms with E-state index >= 15 is 0 Å². The van der Waals surface area contributed by atoms with Crippen LogP contribution in [0.15, 0.2) is 54.6 Å². The molecule has 16 aliphatic rings. The van der Waals surface area contributed by atoms with E-state index in [0.717, 1.165) is 65.4 Å². The summed E-state index contributed by atoms with van der Waals surface area (Å²) in [5.74, 6) is 4.42. The molecule has 3 aromatic carbocycles. The second kappa shape index (κ2) is 14.9. The van der Waals surface area contributed by atoms with Gasteiger partial charge in [-0.1, -0.05) is 71.9 Å². The van der Waals surface area contributed by atoms with Gasteiger partial charge in [-0.2, -0.15) is 0 Å². The Kier molecular flexibility index (Phi) is 9.59. The molecule has 19 rings (SSSR count). The lowest BCUT2D eigenvalue weighted by atomic mass is 9.26. The summed E-state index contributed by atoms with van der Waals surface area (Å²) < 4.78 is 14.5. The summed E-state index contributed by atoms with van der Waals surface area (Å²) in [4.78, 5) is 24.5. The zero-order valence-electron chi connectivity index (χ0n) is 46.8. The highest BCUT2D eigenvalue weighted by Gasteiger charge is 2.76. The van der Waals surface area contributed by atoms with Gasteiger partial charge in [0, 0.05) is 21.7 Å². The van der Waals surface area contributed by atoms with Crippen molar-refractivity contribution in [2.45, 2.75) is 223 Å². The molecule has 0 spiro atoms. The molecule has 406 valence electrons. The molecule has 0 aromatic heterocycles. The molecule has 10 heteroatoms. The zero-order valence-corrected chi connectivity index (χ0v) is 46.8. The van der Waals surface area contributed by atoms with Crippen LogP contribution in [0.2, 0.25) is 0 Å². The summed E-state index contributed by atoms with van der Waals surface area (Å²) in [6.45, 7) is 19.5. The molecule has 10 nitrogen and oxygen atoms in total. The van der Waals surface area contributed by atoms with Crippen molar-refractivity contribution in [3.63, 3.8) is 0 Å². The minimum Gasteiger partial charge on any atom is -0.453 e. The molecular weight excluding hydrogens is 949 g/mol. The Balaban J connectivity index is 0.806. The fraction of sp³-hybridized carbons (Fsp3) is 0.727. The number of aryl methyl sites for hydroxylation is 1. The van der Waals surface area contributed by atoms with Crippen molar-refractivity contribution in [1.82, 2.24) is 0 Å². The largest absolute Gasteiger partial charge is 0.453 e. The van der Waals surface area contributed by atoms with E-state index in [4.69, 9.17) is 9.47 Å². The highest BCUT2D eigenvalue weighted by molar-refractivity contribution is 5.60. The average Bonchev–Trinajstić information content (AvgIpc) is 2.62. The van der Waals surface area contributed by atoms with E-state index in [9.17, 15) is 30.4 Å². The molecule has 0 saturated heterocycles. The summed E-state index contributed by atoms with van der Waals surface area (Å²) in [5.41, 5.74) is 4.88. The number of nitro groups is 2. The first-order valence-electron chi connectivity index (χ1n) is 30.1. The van der Waals surface area contributed by atoms with Crippen LogP contribution < -0.4 is 9.47 Å². The lowest BCUT2D eigenvalue weighted by Gasteiger charge is -2.78. The Bertz CT molecular complexity index is 2990. The van der Waals surface area contributed by atoms with Crippen molar-refractivity contribution in [2.24, 2.45) is 73.9 Å². The number of hydrogen-bond acceptors (Lipinski definition) is 8. The third-order valence-electron chi connectivity index (χ3n) is 26.2. The van der Waals surface area contributed by atoms with E-state index in [2.05, 4.69) is 110 Å².